The molecule has 148 valence electrons. The molecular formula is C23H24N4O2. The average Bonchev–Trinajstić information content (AvgIpc) is 3.27. The number of allylic oxidation sites excluding steroid dienone is 4. The van der Waals surface area contributed by atoms with E-state index < -0.39 is 0 Å². The van der Waals surface area contributed by atoms with Gasteiger partial charge in [-0.1, -0.05) is 42.5 Å². The number of ether oxygens (including phenoxy) is 1. The number of hydrogen-bond acceptors (Lipinski definition) is 4. The third kappa shape index (κ3) is 4.16. The Kier molecular flexibility index (Phi) is 5.33. The quantitative estimate of drug-likeness (QED) is 0.694. The van der Waals surface area contributed by atoms with Crippen LogP contribution in [-0.4, -0.2) is 21.2 Å². The van der Waals surface area contributed by atoms with Gasteiger partial charge in [0.15, 0.2) is 0 Å². The van der Waals surface area contributed by atoms with Crippen molar-refractivity contribution in [3.8, 4) is 5.75 Å². The molecule has 3 aromatic rings. The maximum atomic E-state index is 12.3. The molecule has 29 heavy (non-hydrogen) atoms. The van der Waals surface area contributed by atoms with Crippen LogP contribution in [0.2, 0.25) is 0 Å². The molecule has 2 aromatic heterocycles. The Hall–Kier alpha value is -3.54. The maximum absolute atomic E-state index is 12.3. The van der Waals surface area contributed by atoms with Gasteiger partial charge in [-0.15, -0.1) is 0 Å². The monoisotopic (exact) mass is 388 g/mol. The van der Waals surface area contributed by atoms with E-state index in [2.05, 4.69) is 46.3 Å². The number of hydrogen-bond donors (Lipinski definition) is 1. The van der Waals surface area contributed by atoms with E-state index in [1.165, 1.54) is 7.11 Å². The molecule has 6 nitrogen and oxygen atoms in total. The second-order valence-electron chi connectivity index (χ2n) is 7.10. The highest BCUT2D eigenvalue weighted by molar-refractivity contribution is 5.44. The van der Waals surface area contributed by atoms with Crippen molar-refractivity contribution in [2.75, 3.05) is 12.4 Å². The molecule has 0 saturated carbocycles. The van der Waals surface area contributed by atoms with Crippen LogP contribution in [0.15, 0.2) is 89.3 Å². The van der Waals surface area contributed by atoms with Crippen LogP contribution < -0.4 is 15.6 Å². The number of anilines is 1. The fourth-order valence-electron chi connectivity index (χ4n) is 3.47. The molecule has 1 unspecified atom stereocenters. The third-order valence-electron chi connectivity index (χ3n) is 5.11. The first-order valence-electron chi connectivity index (χ1n) is 9.61. The Bertz CT molecular complexity index is 1100. The van der Waals surface area contributed by atoms with Crippen molar-refractivity contribution in [1.29, 1.82) is 0 Å². The Morgan fingerprint density at radius 2 is 1.93 bits per heavy atom. The van der Waals surface area contributed by atoms with Crippen LogP contribution in [0, 0.1) is 0 Å². The van der Waals surface area contributed by atoms with Crippen LogP contribution in [0.1, 0.15) is 24.9 Å². The molecule has 0 fully saturated rings. The van der Waals surface area contributed by atoms with E-state index in [0.29, 0.717) is 12.5 Å². The SMILES string of the molecule is COc1cn(Cc2ccccc2)c(NC2=C(C)C=CC(n3cccc3)C2)nc1=O. The zero-order valence-corrected chi connectivity index (χ0v) is 16.6. The van der Waals surface area contributed by atoms with Gasteiger partial charge in [-0.25, -0.2) is 0 Å². The zero-order valence-electron chi connectivity index (χ0n) is 16.6. The van der Waals surface area contributed by atoms with Gasteiger partial charge in [0.25, 0.3) is 0 Å². The molecule has 0 amide bonds. The van der Waals surface area contributed by atoms with Gasteiger partial charge < -0.3 is 19.2 Å². The molecular weight excluding hydrogens is 364 g/mol. The molecule has 1 N–H and O–H groups in total. The summed E-state index contributed by atoms with van der Waals surface area (Å²) in [5, 5.41) is 3.41. The highest BCUT2D eigenvalue weighted by atomic mass is 16.5. The largest absolute Gasteiger partial charge is 0.490 e. The lowest BCUT2D eigenvalue weighted by Gasteiger charge is -2.24. The minimum atomic E-state index is -0.383. The molecule has 4 rings (SSSR count). The van der Waals surface area contributed by atoms with Crippen molar-refractivity contribution in [2.45, 2.75) is 25.9 Å². The van der Waals surface area contributed by atoms with Crippen LogP contribution in [-0.2, 0) is 6.54 Å². The van der Waals surface area contributed by atoms with Crippen LogP contribution >= 0.6 is 0 Å². The summed E-state index contributed by atoms with van der Waals surface area (Å²) in [6.45, 7) is 2.64. The molecule has 0 spiro atoms. The molecule has 2 heterocycles. The lowest BCUT2D eigenvalue weighted by Crippen LogP contribution is -2.22. The summed E-state index contributed by atoms with van der Waals surface area (Å²) in [7, 11) is 1.48. The van der Waals surface area contributed by atoms with Crippen molar-refractivity contribution < 1.29 is 4.74 Å². The first-order valence-corrected chi connectivity index (χ1v) is 9.61. The Morgan fingerprint density at radius 1 is 1.17 bits per heavy atom. The summed E-state index contributed by atoms with van der Waals surface area (Å²) in [6, 6.07) is 14.3. The Morgan fingerprint density at radius 3 is 2.66 bits per heavy atom. The van der Waals surface area contributed by atoms with Gasteiger partial charge in [-0.3, -0.25) is 4.79 Å². The normalized spacial score (nSPS) is 16.1. The van der Waals surface area contributed by atoms with Gasteiger partial charge in [0.1, 0.15) is 0 Å². The van der Waals surface area contributed by atoms with Crippen LogP contribution in [0.5, 0.6) is 5.75 Å². The fraction of sp³-hybridized carbons (Fsp3) is 0.217. The van der Waals surface area contributed by atoms with Gasteiger partial charge in [0.05, 0.1) is 25.9 Å². The molecule has 0 aliphatic heterocycles. The lowest BCUT2D eigenvalue weighted by molar-refractivity contribution is 0.402. The van der Waals surface area contributed by atoms with Gasteiger partial charge >= 0.3 is 5.56 Å². The number of rotatable bonds is 6. The van der Waals surface area contributed by atoms with Crippen molar-refractivity contribution in [3.05, 3.63) is 100 Å². The Balaban J connectivity index is 1.66. The van der Waals surface area contributed by atoms with E-state index in [-0.39, 0.29) is 17.4 Å². The van der Waals surface area contributed by atoms with E-state index >= 15 is 0 Å². The van der Waals surface area contributed by atoms with Gasteiger partial charge in [-0.2, -0.15) is 4.98 Å². The van der Waals surface area contributed by atoms with Crippen LogP contribution in [0.4, 0.5) is 5.95 Å². The summed E-state index contributed by atoms with van der Waals surface area (Å²) in [6.07, 6.45) is 10.9. The second kappa shape index (κ2) is 8.22. The summed E-state index contributed by atoms with van der Waals surface area (Å²) >= 11 is 0. The molecule has 0 saturated heterocycles. The molecule has 1 aromatic carbocycles. The second-order valence-corrected chi connectivity index (χ2v) is 7.10. The summed E-state index contributed by atoms with van der Waals surface area (Å²) in [4.78, 5) is 16.6. The van der Waals surface area contributed by atoms with Gasteiger partial charge in [0, 0.05) is 24.5 Å². The first kappa shape index (κ1) is 18.8. The van der Waals surface area contributed by atoms with Crippen LogP contribution in [0.3, 0.4) is 0 Å². The molecule has 1 atom stereocenters. The highest BCUT2D eigenvalue weighted by Gasteiger charge is 2.18. The van der Waals surface area contributed by atoms with Crippen molar-refractivity contribution in [3.63, 3.8) is 0 Å². The van der Waals surface area contributed by atoms with E-state index in [1.807, 2.05) is 47.0 Å². The van der Waals surface area contributed by atoms with Crippen LogP contribution in [0.25, 0.3) is 0 Å². The van der Waals surface area contributed by atoms with Crippen molar-refractivity contribution in [1.82, 2.24) is 14.1 Å². The number of aromatic nitrogens is 3. The zero-order chi connectivity index (χ0) is 20.2. The standard InChI is InChI=1S/C23H24N4O2/c1-17-10-11-19(26-12-6-7-13-26)14-20(17)24-23-25-22(28)21(29-2)16-27(23)15-18-8-4-3-5-9-18/h3-13,16,19H,14-15H2,1-2H3,(H,24,25,28). The average molecular weight is 388 g/mol. The minimum Gasteiger partial charge on any atom is -0.490 e. The summed E-state index contributed by atoms with van der Waals surface area (Å²) < 4.78 is 9.29. The predicted molar refractivity (Wildman–Crippen MR) is 114 cm³/mol. The number of methoxy groups -OCH3 is 1. The van der Waals surface area contributed by atoms with Crippen molar-refractivity contribution >= 4 is 5.95 Å². The molecule has 1 aliphatic rings. The van der Waals surface area contributed by atoms with Crippen molar-refractivity contribution in [2.24, 2.45) is 0 Å². The third-order valence-corrected chi connectivity index (χ3v) is 5.11. The lowest BCUT2D eigenvalue weighted by atomic mass is 10.00. The van der Waals surface area contributed by atoms with Gasteiger partial charge in [0.2, 0.25) is 11.7 Å². The molecule has 1 aliphatic carbocycles. The number of nitrogens with one attached hydrogen (secondary N) is 1. The predicted octanol–water partition coefficient (Wildman–Crippen LogP) is 3.99. The molecule has 6 heteroatoms. The van der Waals surface area contributed by atoms with E-state index in [4.69, 9.17) is 4.74 Å². The van der Waals surface area contributed by atoms with E-state index in [0.717, 1.165) is 23.3 Å². The van der Waals surface area contributed by atoms with E-state index in [9.17, 15) is 4.79 Å². The summed E-state index contributed by atoms with van der Waals surface area (Å²) in [5.41, 5.74) is 2.91. The number of nitrogens with zero attached hydrogens (tertiary/aromatic N) is 3. The first-order chi connectivity index (χ1) is 14.1. The smallest absolute Gasteiger partial charge is 0.316 e. The Labute approximate surface area is 169 Å². The topological polar surface area (TPSA) is 61.1 Å². The molecule has 0 bridgehead atoms. The fourth-order valence-corrected chi connectivity index (χ4v) is 3.47. The maximum Gasteiger partial charge on any atom is 0.316 e. The minimum absolute atomic E-state index is 0.226. The van der Waals surface area contributed by atoms with Gasteiger partial charge in [-0.05, 0) is 30.2 Å². The molecule has 0 radical (unpaired) electrons. The summed E-state index contributed by atoms with van der Waals surface area (Å²) in [5.74, 6) is 0.737. The highest BCUT2D eigenvalue weighted by Crippen LogP contribution is 2.28. The number of benzene rings is 1. The van der Waals surface area contributed by atoms with E-state index in [1.54, 1.807) is 6.20 Å².